The predicted octanol–water partition coefficient (Wildman–Crippen LogP) is 0.962. The van der Waals surface area contributed by atoms with Gasteiger partial charge >= 0.3 is 0 Å². The molecule has 0 radical (unpaired) electrons. The zero-order valence-corrected chi connectivity index (χ0v) is 12.7. The molecule has 1 atom stereocenters. The van der Waals surface area contributed by atoms with Crippen molar-refractivity contribution in [3.63, 3.8) is 0 Å². The lowest BCUT2D eigenvalue weighted by molar-refractivity contribution is -0.152. The third-order valence-corrected chi connectivity index (χ3v) is 4.15. The number of imide groups is 1. The van der Waals surface area contributed by atoms with Crippen molar-refractivity contribution in [3.05, 3.63) is 30.3 Å². The molecule has 1 fully saturated rings. The summed E-state index contributed by atoms with van der Waals surface area (Å²) in [5.74, 6) is -0.539. The minimum Gasteiger partial charge on any atom is -0.325 e. The van der Waals surface area contributed by atoms with Gasteiger partial charge in [-0.25, -0.2) is 10.0 Å². The molecule has 0 saturated carbocycles. The predicted molar refractivity (Wildman–Crippen MR) is 81.5 cm³/mol. The number of hydrogen-bond donors (Lipinski definition) is 1. The van der Waals surface area contributed by atoms with Crippen LogP contribution in [0.1, 0.15) is 6.42 Å². The van der Waals surface area contributed by atoms with Crippen molar-refractivity contribution in [3.8, 4) is 0 Å². The van der Waals surface area contributed by atoms with Gasteiger partial charge in [0.15, 0.2) is 0 Å². The maximum absolute atomic E-state index is 12.0. The summed E-state index contributed by atoms with van der Waals surface area (Å²) in [4.78, 5) is 35.6. The van der Waals surface area contributed by atoms with Crippen LogP contribution >= 0.6 is 11.8 Å². The van der Waals surface area contributed by atoms with E-state index in [1.165, 1.54) is 16.8 Å². The summed E-state index contributed by atoms with van der Waals surface area (Å²) in [6, 6.07) is 9.11. The van der Waals surface area contributed by atoms with Gasteiger partial charge in [0.1, 0.15) is 0 Å². The highest BCUT2D eigenvalue weighted by molar-refractivity contribution is 8.01. The molecular weight excluding hydrogens is 290 g/mol. The topological polar surface area (TPSA) is 69.7 Å². The number of carbonyl (C=O) groups excluding carboxylic acids is 3. The number of thioether (sulfide) groups is 1. The van der Waals surface area contributed by atoms with E-state index in [-0.39, 0.29) is 29.9 Å². The largest absolute Gasteiger partial charge is 0.325 e. The second kappa shape index (κ2) is 6.73. The standard InChI is InChI=1S/C14H17N3O3S/c1-16(2)17-13(19)8-11(14(17)20)21-9-12(18)15-10-6-4-3-5-7-10/h3-7,11H,8-9H2,1-2H3,(H,15,18). The first-order chi connectivity index (χ1) is 9.99. The summed E-state index contributed by atoms with van der Waals surface area (Å²) in [7, 11) is 3.29. The first kappa shape index (κ1) is 15.5. The molecule has 1 saturated heterocycles. The molecule has 21 heavy (non-hydrogen) atoms. The SMILES string of the molecule is CN(C)N1C(=O)CC(SCC(=O)Nc2ccccc2)C1=O. The molecule has 1 aromatic carbocycles. The van der Waals surface area contributed by atoms with Crippen LogP contribution in [-0.4, -0.2) is 52.8 Å². The molecule has 3 amide bonds. The van der Waals surface area contributed by atoms with E-state index in [4.69, 9.17) is 0 Å². The number of rotatable bonds is 5. The number of nitrogens with zero attached hydrogens (tertiary/aromatic N) is 2. The normalized spacial score (nSPS) is 18.4. The minimum absolute atomic E-state index is 0.139. The molecule has 1 aliphatic rings. The van der Waals surface area contributed by atoms with E-state index in [0.717, 1.165) is 5.01 Å². The van der Waals surface area contributed by atoms with Gasteiger partial charge in [-0.2, -0.15) is 0 Å². The molecule has 2 rings (SSSR count). The van der Waals surface area contributed by atoms with E-state index in [0.29, 0.717) is 5.69 Å². The van der Waals surface area contributed by atoms with Crippen molar-refractivity contribution in [2.75, 3.05) is 25.2 Å². The number of nitrogens with one attached hydrogen (secondary N) is 1. The van der Waals surface area contributed by atoms with E-state index in [2.05, 4.69) is 5.32 Å². The fourth-order valence-corrected chi connectivity index (χ4v) is 2.96. The fraction of sp³-hybridized carbons (Fsp3) is 0.357. The van der Waals surface area contributed by atoms with Gasteiger partial charge in [-0.05, 0) is 12.1 Å². The van der Waals surface area contributed by atoms with Crippen LogP contribution in [0, 0.1) is 0 Å². The van der Waals surface area contributed by atoms with Crippen LogP contribution in [0.15, 0.2) is 30.3 Å². The Morgan fingerprint density at radius 1 is 1.33 bits per heavy atom. The van der Waals surface area contributed by atoms with Gasteiger partial charge in [0.25, 0.3) is 5.91 Å². The van der Waals surface area contributed by atoms with Crippen molar-refractivity contribution >= 4 is 35.2 Å². The molecule has 1 heterocycles. The Hall–Kier alpha value is -1.86. The van der Waals surface area contributed by atoms with Crippen molar-refractivity contribution in [1.29, 1.82) is 0 Å². The van der Waals surface area contributed by atoms with Crippen molar-refractivity contribution in [1.82, 2.24) is 10.0 Å². The first-order valence-electron chi connectivity index (χ1n) is 6.49. The van der Waals surface area contributed by atoms with Gasteiger partial charge in [-0.1, -0.05) is 18.2 Å². The van der Waals surface area contributed by atoms with Gasteiger partial charge in [0, 0.05) is 26.2 Å². The van der Waals surface area contributed by atoms with Gasteiger partial charge < -0.3 is 5.32 Å². The smallest absolute Gasteiger partial charge is 0.257 e. The summed E-state index contributed by atoms with van der Waals surface area (Å²) in [6.45, 7) is 0. The van der Waals surface area contributed by atoms with E-state index in [1.807, 2.05) is 18.2 Å². The van der Waals surface area contributed by atoms with Gasteiger partial charge in [0.05, 0.1) is 11.0 Å². The Kier molecular flexibility index (Phi) is 4.98. The number of hydrazine groups is 1. The Bertz CT molecular complexity index is 548. The molecule has 1 unspecified atom stereocenters. The summed E-state index contributed by atoms with van der Waals surface area (Å²) < 4.78 is 0. The fourth-order valence-electron chi connectivity index (χ4n) is 2.04. The highest BCUT2D eigenvalue weighted by Gasteiger charge is 2.40. The average Bonchev–Trinajstić information content (AvgIpc) is 2.72. The highest BCUT2D eigenvalue weighted by atomic mass is 32.2. The van der Waals surface area contributed by atoms with Crippen LogP contribution in [0.5, 0.6) is 0 Å². The number of hydrogen-bond acceptors (Lipinski definition) is 5. The number of amides is 3. The van der Waals surface area contributed by atoms with Gasteiger partial charge in [-0.3, -0.25) is 14.4 Å². The third kappa shape index (κ3) is 3.83. The highest BCUT2D eigenvalue weighted by Crippen LogP contribution is 2.25. The lowest BCUT2D eigenvalue weighted by Gasteiger charge is -2.21. The van der Waals surface area contributed by atoms with Crippen LogP contribution in [0.2, 0.25) is 0 Å². The molecule has 6 nitrogen and oxygen atoms in total. The second-order valence-corrected chi connectivity index (χ2v) is 6.00. The average molecular weight is 307 g/mol. The number of para-hydroxylation sites is 1. The Labute approximate surface area is 127 Å². The van der Waals surface area contributed by atoms with E-state index in [9.17, 15) is 14.4 Å². The Morgan fingerprint density at radius 3 is 2.57 bits per heavy atom. The number of benzene rings is 1. The molecule has 1 N–H and O–H groups in total. The third-order valence-electron chi connectivity index (χ3n) is 2.95. The molecule has 112 valence electrons. The van der Waals surface area contributed by atoms with Crippen LogP contribution in [0.25, 0.3) is 0 Å². The number of carbonyl (C=O) groups is 3. The number of anilines is 1. The Morgan fingerprint density at radius 2 is 2.00 bits per heavy atom. The molecule has 0 aliphatic carbocycles. The van der Waals surface area contributed by atoms with Gasteiger partial charge in [-0.15, -0.1) is 11.8 Å². The first-order valence-corrected chi connectivity index (χ1v) is 7.54. The molecular formula is C14H17N3O3S. The van der Waals surface area contributed by atoms with E-state index >= 15 is 0 Å². The maximum Gasteiger partial charge on any atom is 0.257 e. The molecule has 0 spiro atoms. The van der Waals surface area contributed by atoms with Crippen molar-refractivity contribution in [2.45, 2.75) is 11.7 Å². The zero-order valence-electron chi connectivity index (χ0n) is 11.9. The molecule has 0 bridgehead atoms. The molecule has 0 aromatic heterocycles. The minimum atomic E-state index is -0.485. The summed E-state index contributed by atoms with van der Waals surface area (Å²) in [6.07, 6.45) is 0.139. The quantitative estimate of drug-likeness (QED) is 0.821. The summed E-state index contributed by atoms with van der Waals surface area (Å²) >= 11 is 1.19. The van der Waals surface area contributed by atoms with E-state index in [1.54, 1.807) is 26.2 Å². The van der Waals surface area contributed by atoms with Crippen molar-refractivity contribution < 1.29 is 14.4 Å². The molecule has 1 aliphatic heterocycles. The van der Waals surface area contributed by atoms with Crippen LogP contribution in [0.4, 0.5) is 5.69 Å². The maximum atomic E-state index is 12.0. The lowest BCUT2D eigenvalue weighted by Crippen LogP contribution is -2.42. The monoisotopic (exact) mass is 307 g/mol. The van der Waals surface area contributed by atoms with Crippen molar-refractivity contribution in [2.24, 2.45) is 0 Å². The van der Waals surface area contributed by atoms with Crippen LogP contribution < -0.4 is 5.32 Å². The lowest BCUT2D eigenvalue weighted by atomic mass is 10.3. The van der Waals surface area contributed by atoms with Crippen LogP contribution in [-0.2, 0) is 14.4 Å². The Balaban J connectivity index is 1.85. The second-order valence-electron chi connectivity index (χ2n) is 4.81. The van der Waals surface area contributed by atoms with E-state index < -0.39 is 5.25 Å². The molecule has 1 aromatic rings. The zero-order chi connectivity index (χ0) is 15.4. The molecule has 7 heteroatoms. The van der Waals surface area contributed by atoms with Crippen LogP contribution in [0.3, 0.4) is 0 Å². The summed E-state index contributed by atoms with van der Waals surface area (Å²) in [5.41, 5.74) is 0.715. The van der Waals surface area contributed by atoms with Gasteiger partial charge in [0.2, 0.25) is 11.8 Å². The summed E-state index contributed by atoms with van der Waals surface area (Å²) in [5, 5.41) is 4.85.